The van der Waals surface area contributed by atoms with E-state index in [9.17, 15) is 0 Å². The Bertz CT molecular complexity index is 505. The Labute approximate surface area is 116 Å². The van der Waals surface area contributed by atoms with Crippen molar-refractivity contribution in [3.05, 3.63) is 63.9 Å². The predicted molar refractivity (Wildman–Crippen MR) is 78.5 cm³/mol. The van der Waals surface area contributed by atoms with Crippen LogP contribution >= 0.6 is 15.9 Å². The number of rotatable bonds is 3. The second-order valence-electron chi connectivity index (χ2n) is 4.66. The molecule has 0 spiro atoms. The van der Waals surface area contributed by atoms with Crippen molar-refractivity contribution in [1.82, 2.24) is 4.98 Å². The molecule has 0 aliphatic heterocycles. The van der Waals surface area contributed by atoms with Crippen molar-refractivity contribution < 1.29 is 0 Å². The molecule has 2 nitrogen and oxygen atoms in total. The van der Waals surface area contributed by atoms with Crippen LogP contribution in [0.3, 0.4) is 0 Å². The van der Waals surface area contributed by atoms with Gasteiger partial charge in [-0.2, -0.15) is 0 Å². The first-order valence-electron chi connectivity index (χ1n) is 6.00. The molecule has 0 aliphatic carbocycles. The van der Waals surface area contributed by atoms with Gasteiger partial charge in [-0.1, -0.05) is 28.9 Å². The number of hydrogen-bond donors (Lipinski definition) is 1. The Kier molecular flexibility index (Phi) is 4.15. The summed E-state index contributed by atoms with van der Waals surface area (Å²) in [5.74, 6) is 0.265. The molecule has 0 aliphatic rings. The summed E-state index contributed by atoms with van der Waals surface area (Å²) >= 11 is 3.52. The summed E-state index contributed by atoms with van der Waals surface area (Å²) in [6, 6.07) is 10.4. The van der Waals surface area contributed by atoms with Crippen molar-refractivity contribution in [2.45, 2.75) is 25.8 Å². The van der Waals surface area contributed by atoms with Crippen molar-refractivity contribution in [2.75, 3.05) is 0 Å². The summed E-state index contributed by atoms with van der Waals surface area (Å²) in [5.41, 5.74) is 9.96. The van der Waals surface area contributed by atoms with E-state index in [4.69, 9.17) is 5.73 Å². The number of aromatic nitrogens is 1. The summed E-state index contributed by atoms with van der Waals surface area (Å²) in [6.45, 7) is 4.23. The molecule has 94 valence electrons. The van der Waals surface area contributed by atoms with Gasteiger partial charge in [0.2, 0.25) is 0 Å². The average Bonchev–Trinajstić information content (AvgIpc) is 2.37. The lowest BCUT2D eigenvalue weighted by molar-refractivity contribution is 0.597. The molecule has 0 saturated heterocycles. The SMILES string of the molecule is Cc1cc(Br)cc(C(N)C(C)c2ccncc2)c1. The average molecular weight is 305 g/mol. The van der Waals surface area contributed by atoms with E-state index < -0.39 is 0 Å². The second kappa shape index (κ2) is 5.63. The smallest absolute Gasteiger partial charge is 0.0362 e. The molecule has 1 aromatic carbocycles. The molecule has 0 bridgehead atoms. The first-order valence-corrected chi connectivity index (χ1v) is 6.80. The van der Waals surface area contributed by atoms with Crippen LogP contribution < -0.4 is 5.73 Å². The second-order valence-corrected chi connectivity index (χ2v) is 5.57. The number of halogens is 1. The fraction of sp³-hybridized carbons (Fsp3) is 0.267. The zero-order valence-electron chi connectivity index (χ0n) is 10.6. The van der Waals surface area contributed by atoms with E-state index in [1.54, 1.807) is 0 Å². The molecule has 0 radical (unpaired) electrons. The Morgan fingerprint density at radius 3 is 2.39 bits per heavy atom. The normalized spacial score (nSPS) is 14.2. The monoisotopic (exact) mass is 304 g/mol. The van der Waals surface area contributed by atoms with Crippen molar-refractivity contribution >= 4 is 15.9 Å². The van der Waals surface area contributed by atoms with E-state index >= 15 is 0 Å². The van der Waals surface area contributed by atoms with Crippen LogP contribution in [0.25, 0.3) is 0 Å². The highest BCUT2D eigenvalue weighted by Gasteiger charge is 2.17. The maximum atomic E-state index is 6.37. The zero-order valence-corrected chi connectivity index (χ0v) is 12.2. The quantitative estimate of drug-likeness (QED) is 0.932. The van der Waals surface area contributed by atoms with Gasteiger partial charge in [-0.3, -0.25) is 4.98 Å². The maximum absolute atomic E-state index is 6.37. The Balaban J connectivity index is 2.28. The maximum Gasteiger partial charge on any atom is 0.0362 e. The van der Waals surface area contributed by atoms with Crippen molar-refractivity contribution in [1.29, 1.82) is 0 Å². The van der Waals surface area contributed by atoms with Crippen LogP contribution in [0.15, 0.2) is 47.2 Å². The topological polar surface area (TPSA) is 38.9 Å². The van der Waals surface area contributed by atoms with Crippen molar-refractivity contribution in [3.8, 4) is 0 Å². The highest BCUT2D eigenvalue weighted by Crippen LogP contribution is 2.30. The fourth-order valence-electron chi connectivity index (χ4n) is 2.12. The first-order chi connectivity index (χ1) is 8.58. The summed E-state index contributed by atoms with van der Waals surface area (Å²) in [6.07, 6.45) is 3.62. The summed E-state index contributed by atoms with van der Waals surface area (Å²) in [4.78, 5) is 4.04. The van der Waals surface area contributed by atoms with Crippen LogP contribution in [-0.2, 0) is 0 Å². The third-order valence-corrected chi connectivity index (χ3v) is 3.68. The minimum Gasteiger partial charge on any atom is -0.323 e. The Hall–Kier alpha value is -1.19. The Morgan fingerprint density at radius 2 is 1.78 bits per heavy atom. The van der Waals surface area contributed by atoms with Gasteiger partial charge in [-0.25, -0.2) is 0 Å². The fourth-order valence-corrected chi connectivity index (χ4v) is 2.75. The highest BCUT2D eigenvalue weighted by atomic mass is 79.9. The molecule has 18 heavy (non-hydrogen) atoms. The van der Waals surface area contributed by atoms with E-state index in [-0.39, 0.29) is 12.0 Å². The van der Waals surface area contributed by atoms with Crippen LogP contribution in [0.1, 0.15) is 35.6 Å². The minimum absolute atomic E-state index is 0.0106. The van der Waals surface area contributed by atoms with Gasteiger partial charge in [0, 0.05) is 28.8 Å². The third kappa shape index (κ3) is 2.98. The van der Waals surface area contributed by atoms with E-state index in [0.717, 1.165) is 10.0 Å². The van der Waals surface area contributed by atoms with Crippen molar-refractivity contribution in [2.24, 2.45) is 5.73 Å². The van der Waals surface area contributed by atoms with Crippen LogP contribution in [0.5, 0.6) is 0 Å². The molecule has 2 atom stereocenters. The lowest BCUT2D eigenvalue weighted by atomic mass is 9.89. The van der Waals surface area contributed by atoms with Crippen LogP contribution in [-0.4, -0.2) is 4.98 Å². The molecular formula is C15H17BrN2. The third-order valence-electron chi connectivity index (χ3n) is 3.22. The van der Waals surface area contributed by atoms with Gasteiger partial charge >= 0.3 is 0 Å². The molecule has 1 heterocycles. The molecule has 0 fully saturated rings. The lowest BCUT2D eigenvalue weighted by Gasteiger charge is -2.21. The van der Waals surface area contributed by atoms with Crippen molar-refractivity contribution in [3.63, 3.8) is 0 Å². The molecule has 2 rings (SSSR count). The minimum atomic E-state index is -0.0106. The molecule has 0 amide bonds. The van der Waals surface area contributed by atoms with E-state index in [0.29, 0.717) is 0 Å². The van der Waals surface area contributed by atoms with Crippen LogP contribution in [0.4, 0.5) is 0 Å². The van der Waals surface area contributed by atoms with E-state index in [1.165, 1.54) is 11.1 Å². The molecule has 2 N–H and O–H groups in total. The van der Waals surface area contributed by atoms with E-state index in [1.807, 2.05) is 24.5 Å². The number of aryl methyl sites for hydroxylation is 1. The summed E-state index contributed by atoms with van der Waals surface area (Å²) in [5, 5.41) is 0. The standard InChI is InChI=1S/C15H17BrN2/c1-10-7-13(9-14(16)8-10)15(17)11(2)12-3-5-18-6-4-12/h3-9,11,15H,17H2,1-2H3. The van der Waals surface area contributed by atoms with Gasteiger partial charge < -0.3 is 5.73 Å². The van der Waals surface area contributed by atoms with Gasteiger partial charge in [-0.15, -0.1) is 0 Å². The van der Waals surface area contributed by atoms with Gasteiger partial charge in [-0.05, 0) is 47.9 Å². The zero-order chi connectivity index (χ0) is 13.1. The molecular weight excluding hydrogens is 288 g/mol. The van der Waals surface area contributed by atoms with Gasteiger partial charge in [0.05, 0.1) is 0 Å². The summed E-state index contributed by atoms with van der Waals surface area (Å²) in [7, 11) is 0. The molecule has 2 aromatic rings. The predicted octanol–water partition coefficient (Wildman–Crippen LogP) is 3.96. The first kappa shape index (κ1) is 13.2. The molecule has 1 aromatic heterocycles. The van der Waals surface area contributed by atoms with Crippen LogP contribution in [0.2, 0.25) is 0 Å². The Morgan fingerprint density at radius 1 is 1.11 bits per heavy atom. The number of hydrogen-bond acceptors (Lipinski definition) is 2. The largest absolute Gasteiger partial charge is 0.323 e. The number of pyridine rings is 1. The number of nitrogens with zero attached hydrogens (tertiary/aromatic N) is 1. The highest BCUT2D eigenvalue weighted by molar-refractivity contribution is 9.10. The molecule has 3 heteroatoms. The number of benzene rings is 1. The van der Waals surface area contributed by atoms with Gasteiger partial charge in [0.1, 0.15) is 0 Å². The lowest BCUT2D eigenvalue weighted by Crippen LogP contribution is -2.17. The van der Waals surface area contributed by atoms with Gasteiger partial charge in [0.15, 0.2) is 0 Å². The van der Waals surface area contributed by atoms with Gasteiger partial charge in [0.25, 0.3) is 0 Å². The van der Waals surface area contributed by atoms with Crippen LogP contribution in [0, 0.1) is 6.92 Å². The molecule has 0 saturated carbocycles. The molecule has 2 unspecified atom stereocenters. The number of nitrogens with two attached hydrogens (primary N) is 1. The summed E-state index contributed by atoms with van der Waals surface area (Å²) < 4.78 is 1.08. The van der Waals surface area contributed by atoms with E-state index in [2.05, 4.69) is 53.0 Å².